The molecule has 14 heteroatoms. The summed E-state index contributed by atoms with van der Waals surface area (Å²) >= 11 is 0. The smallest absolute Gasteiger partial charge is 0.227 e. The minimum atomic E-state index is -2.18. The van der Waals surface area contributed by atoms with Crippen LogP contribution in [0.25, 0.3) is 22.1 Å². The normalized spacial score (nSPS) is 17.6. The number of pyridine rings is 3. The lowest BCUT2D eigenvalue weighted by Crippen LogP contribution is -2.36. The number of benzene rings is 10. The maximum absolute atomic E-state index is 7.69. The summed E-state index contributed by atoms with van der Waals surface area (Å²) < 4.78 is 29.1. The Morgan fingerprint density at radius 1 is 0.291 bits per heavy atom. The third-order valence-electron chi connectivity index (χ3n) is 21.3. The molecule has 0 aliphatic carbocycles. The Hall–Kier alpha value is -13.1. The van der Waals surface area contributed by atoms with Crippen LogP contribution >= 0.6 is 0 Å². The maximum Gasteiger partial charge on any atom is 0.227 e. The minimum Gasteiger partial charge on any atom is -0.435 e. The van der Waals surface area contributed by atoms with Crippen LogP contribution in [-0.4, -0.2) is 57.7 Å². The van der Waals surface area contributed by atoms with Crippen molar-refractivity contribution >= 4 is 108 Å². The SMILES string of the molecule is Cc1ccccc1N1C=CN(c2ccccc2)[C@@H]1C.Cc1ccccc1N1c2ccccc2N(c2ccccc2)[C@@H]1C.Cc1ccccc1N1c2cccnc2N(c2ccccc2)[C@@H]1C.Cc1ccccc1N1c2ncccc2N(c2ccccc2)[C@@H]1C.[2H]C([2H])([2H])N1C=CN(c2c(C)ccc3c2oc2nc(C)ccc23)[C@H]1C. The number of para-hydroxylation sites is 10. The van der Waals surface area contributed by atoms with E-state index >= 15 is 0 Å². The van der Waals surface area contributed by atoms with Gasteiger partial charge in [0.25, 0.3) is 0 Å². The zero-order valence-corrected chi connectivity index (χ0v) is 64.3. The fourth-order valence-corrected chi connectivity index (χ4v) is 15.8. The highest BCUT2D eigenvalue weighted by Gasteiger charge is 2.39. The molecule has 0 bridgehead atoms. The second-order valence-corrected chi connectivity index (χ2v) is 28.3. The first kappa shape index (κ1) is 68.7. The highest BCUT2D eigenvalue weighted by atomic mass is 16.3. The lowest BCUT2D eigenvalue weighted by atomic mass is 10.1. The number of aryl methyl sites for hydroxylation is 6. The third-order valence-corrected chi connectivity index (χ3v) is 21.3. The highest BCUT2D eigenvalue weighted by Crippen LogP contribution is 2.51. The molecule has 110 heavy (non-hydrogen) atoms. The van der Waals surface area contributed by atoms with Crippen LogP contribution in [0.3, 0.4) is 0 Å². The Labute approximate surface area is 652 Å². The van der Waals surface area contributed by atoms with E-state index in [9.17, 15) is 0 Å². The molecule has 0 radical (unpaired) electrons. The number of nitrogens with zero attached hydrogens (tertiary/aromatic N) is 13. The second kappa shape index (κ2) is 31.8. The van der Waals surface area contributed by atoms with Gasteiger partial charge in [-0.1, -0.05) is 170 Å². The molecule has 0 saturated heterocycles. The summed E-state index contributed by atoms with van der Waals surface area (Å²) in [5.74, 6) is 2.02. The lowest BCUT2D eigenvalue weighted by molar-refractivity contribution is 0.383. The lowest BCUT2D eigenvalue weighted by Gasteiger charge is -2.31. The first-order valence-electron chi connectivity index (χ1n) is 39.3. The molecule has 14 nitrogen and oxygen atoms in total. The van der Waals surface area contributed by atoms with Crippen molar-refractivity contribution in [1.29, 1.82) is 0 Å². The molecule has 0 fully saturated rings. The van der Waals surface area contributed by atoms with Crippen molar-refractivity contribution in [2.75, 3.05) is 51.1 Å². The van der Waals surface area contributed by atoms with Crippen LogP contribution in [0.2, 0.25) is 0 Å². The van der Waals surface area contributed by atoms with Gasteiger partial charge in [0, 0.05) is 110 Å². The van der Waals surface area contributed by atoms with Gasteiger partial charge in [-0.05, 0) is 225 Å². The Kier molecular flexibility index (Phi) is 19.9. The third kappa shape index (κ3) is 14.1. The van der Waals surface area contributed by atoms with Crippen LogP contribution < -0.4 is 44.1 Å². The predicted molar refractivity (Wildman–Crippen MR) is 460 cm³/mol. The number of furan rings is 1. The minimum absolute atomic E-state index is 0.170. The van der Waals surface area contributed by atoms with Gasteiger partial charge in [-0.15, -0.1) is 0 Å². The van der Waals surface area contributed by atoms with Gasteiger partial charge in [0.2, 0.25) is 5.71 Å². The van der Waals surface area contributed by atoms with E-state index in [0.29, 0.717) is 11.9 Å². The molecule has 9 heterocycles. The summed E-state index contributed by atoms with van der Waals surface area (Å²) in [6, 6.07) is 101. The number of hydrogen-bond acceptors (Lipinski definition) is 14. The van der Waals surface area contributed by atoms with Crippen LogP contribution in [-0.2, 0) is 0 Å². The summed E-state index contributed by atoms with van der Waals surface area (Å²) in [5.41, 5.74) is 23.8. The fraction of sp³-hybridized carbons (Fsp3) is 0.177. The van der Waals surface area contributed by atoms with E-state index in [2.05, 4.69) is 359 Å². The molecule has 4 aromatic heterocycles. The van der Waals surface area contributed by atoms with Crippen molar-refractivity contribution in [2.45, 2.75) is 107 Å². The molecule has 0 saturated carbocycles. The van der Waals surface area contributed by atoms with Gasteiger partial charge in [-0.3, -0.25) is 0 Å². The molecule has 5 aliphatic heterocycles. The second-order valence-electron chi connectivity index (χ2n) is 28.3. The number of anilines is 15. The van der Waals surface area contributed by atoms with E-state index < -0.39 is 6.98 Å². The van der Waals surface area contributed by atoms with Crippen LogP contribution in [0.5, 0.6) is 0 Å². The summed E-state index contributed by atoms with van der Waals surface area (Å²) in [7, 11) is 0. The average molecular weight is 1450 g/mol. The number of aromatic nitrogens is 3. The summed E-state index contributed by atoms with van der Waals surface area (Å²) in [4.78, 5) is 35.9. The summed E-state index contributed by atoms with van der Waals surface area (Å²) in [6.07, 6.45) is 12.0. The average Bonchev–Trinajstić information content (AvgIpc) is 1.62. The zero-order valence-electron chi connectivity index (χ0n) is 67.3. The van der Waals surface area contributed by atoms with E-state index in [1.165, 1.54) is 78.3 Å². The predicted octanol–water partition coefficient (Wildman–Crippen LogP) is 24.0. The molecule has 19 rings (SSSR count). The Morgan fingerprint density at radius 3 is 1.19 bits per heavy atom. The van der Waals surface area contributed by atoms with Crippen molar-refractivity contribution in [2.24, 2.45) is 0 Å². The molecule has 0 amide bonds. The first-order valence-corrected chi connectivity index (χ1v) is 37.8. The topological polar surface area (TPSA) is 84.2 Å². The van der Waals surface area contributed by atoms with E-state index in [0.717, 1.165) is 62.0 Å². The van der Waals surface area contributed by atoms with Crippen LogP contribution in [0.4, 0.5) is 85.6 Å². The van der Waals surface area contributed by atoms with Crippen LogP contribution in [0.15, 0.2) is 333 Å². The van der Waals surface area contributed by atoms with Gasteiger partial charge in [0.05, 0.1) is 28.4 Å². The Bertz CT molecular complexity index is 5370. The van der Waals surface area contributed by atoms with Gasteiger partial charge in [0.1, 0.15) is 30.8 Å². The molecule has 0 spiro atoms. The van der Waals surface area contributed by atoms with Crippen molar-refractivity contribution in [1.82, 2.24) is 19.9 Å². The van der Waals surface area contributed by atoms with E-state index in [1.807, 2.05) is 92.7 Å². The highest BCUT2D eigenvalue weighted by molar-refractivity contribution is 6.09. The zero-order chi connectivity index (χ0) is 78.6. The fourth-order valence-electron chi connectivity index (χ4n) is 15.8. The van der Waals surface area contributed by atoms with Gasteiger partial charge in [-0.25, -0.2) is 15.0 Å². The molecule has 14 aromatic rings. The molecule has 0 unspecified atom stereocenters. The largest absolute Gasteiger partial charge is 0.435 e. The van der Waals surface area contributed by atoms with E-state index in [1.54, 1.807) is 12.4 Å². The Balaban J connectivity index is 0.000000112. The van der Waals surface area contributed by atoms with Crippen molar-refractivity contribution in [3.63, 3.8) is 0 Å². The summed E-state index contributed by atoms with van der Waals surface area (Å²) in [5, 5.41) is 1.95. The molecule has 10 aromatic carbocycles. The maximum atomic E-state index is 7.69. The van der Waals surface area contributed by atoms with Gasteiger partial charge < -0.3 is 53.4 Å². The molecular formula is C96H95N13O. The van der Waals surface area contributed by atoms with Crippen LogP contribution in [0, 0.1) is 41.5 Å². The van der Waals surface area contributed by atoms with E-state index in [4.69, 9.17) is 8.53 Å². The van der Waals surface area contributed by atoms with Gasteiger partial charge >= 0.3 is 0 Å². The monoisotopic (exact) mass is 1450 g/mol. The summed E-state index contributed by atoms with van der Waals surface area (Å²) in [6.45, 7) is 21.2. The van der Waals surface area contributed by atoms with Gasteiger partial charge in [-0.2, -0.15) is 0 Å². The quantitative estimate of drug-likeness (QED) is 0.137. The molecule has 0 N–H and O–H groups in total. The number of fused-ring (bicyclic) bond motifs is 6. The van der Waals surface area contributed by atoms with Crippen LogP contribution in [0.1, 0.15) is 72.2 Å². The molecule has 550 valence electrons. The van der Waals surface area contributed by atoms with Crippen molar-refractivity contribution in [3.05, 3.63) is 362 Å². The molecular weight excluding hydrogens is 1350 g/mol. The van der Waals surface area contributed by atoms with Gasteiger partial charge in [0.15, 0.2) is 17.2 Å². The van der Waals surface area contributed by atoms with E-state index in [-0.39, 0.29) is 24.7 Å². The number of hydrogen-bond donors (Lipinski definition) is 0. The van der Waals surface area contributed by atoms with Crippen molar-refractivity contribution in [3.8, 4) is 0 Å². The first-order chi connectivity index (χ1) is 54.9. The Morgan fingerprint density at radius 2 is 0.673 bits per heavy atom. The molecule has 5 aliphatic rings. The molecule has 5 atom stereocenters. The standard InChI is InChI=1S/C21H20N2.2C20H19N3.C18H19N3O.C17H18N2/c1-16-10-6-7-13-19(16)23-17(2)22(18-11-4-3-5-12-18)20-14-8-9-15-21(20)23;1-15-9-6-7-12-18(15)23-16(2)22(17-10-4-3-5-11-17)20-19(23)13-8-14-21-20;1-15-9-6-7-12-18(15)23-16(2)22(17-10-4-3-5-11-17)19-13-8-14-21-20(19)23;1-11-5-7-14-15-8-6-12(2)19-18(15)22-17(14)16(11)21-10-9-20(4)13(21)3;1-14-8-6-7-11-17(14)19-13-12-18(15(19)2)16-9-4-3-5-10-16/h3-15,17H,1-2H3;2*3-14,16H,1-2H3;5-10,13H,1-4H3;3-13,15H,1-2H3/t17-;2*16-;13-;15-/m00000/s1/i;;;4D3;. The number of rotatable bonds is 9. The van der Waals surface area contributed by atoms with Crippen molar-refractivity contribution < 1.29 is 8.53 Å².